The van der Waals surface area contributed by atoms with Crippen LogP contribution in [0.3, 0.4) is 0 Å². The Labute approximate surface area is 169 Å². The van der Waals surface area contributed by atoms with Crippen molar-refractivity contribution in [2.75, 3.05) is 12.8 Å². The SMILES string of the molecule is Cc1nc(-c2ccc(CCNC(=O)c3ccc(CS(C)(=O)=O)cc3)cc2)cs1. The Hall–Kier alpha value is -2.51. The number of thiazole rings is 1. The van der Waals surface area contributed by atoms with Gasteiger partial charge in [0, 0.05) is 29.3 Å². The minimum absolute atomic E-state index is 0.0225. The van der Waals surface area contributed by atoms with Crippen molar-refractivity contribution in [1.29, 1.82) is 0 Å². The highest BCUT2D eigenvalue weighted by molar-refractivity contribution is 7.89. The second-order valence-corrected chi connectivity index (χ2v) is 9.92. The summed E-state index contributed by atoms with van der Waals surface area (Å²) in [5, 5.41) is 5.99. The number of hydrogen-bond donors (Lipinski definition) is 1. The van der Waals surface area contributed by atoms with Gasteiger partial charge in [0.2, 0.25) is 0 Å². The quantitative estimate of drug-likeness (QED) is 0.640. The molecule has 1 heterocycles. The lowest BCUT2D eigenvalue weighted by molar-refractivity contribution is 0.0954. The first-order valence-corrected chi connectivity index (χ1v) is 11.8. The van der Waals surface area contributed by atoms with E-state index in [0.29, 0.717) is 17.7 Å². The van der Waals surface area contributed by atoms with E-state index in [1.807, 2.05) is 24.4 Å². The lowest BCUT2D eigenvalue weighted by Crippen LogP contribution is -2.25. The van der Waals surface area contributed by atoms with E-state index in [1.54, 1.807) is 35.6 Å². The van der Waals surface area contributed by atoms with Gasteiger partial charge < -0.3 is 5.32 Å². The molecule has 0 aliphatic carbocycles. The van der Waals surface area contributed by atoms with Crippen LogP contribution in [0, 0.1) is 6.92 Å². The van der Waals surface area contributed by atoms with E-state index < -0.39 is 9.84 Å². The van der Waals surface area contributed by atoms with Crippen LogP contribution in [0.1, 0.15) is 26.5 Å². The number of sulfone groups is 1. The molecule has 3 rings (SSSR count). The fraction of sp³-hybridized carbons (Fsp3) is 0.238. The first-order chi connectivity index (χ1) is 13.3. The number of hydrogen-bond acceptors (Lipinski definition) is 5. The molecule has 0 bridgehead atoms. The monoisotopic (exact) mass is 414 g/mol. The van der Waals surface area contributed by atoms with Gasteiger partial charge in [-0.2, -0.15) is 0 Å². The molecule has 1 N–H and O–H groups in total. The molecule has 0 unspecified atom stereocenters. The van der Waals surface area contributed by atoms with E-state index in [2.05, 4.69) is 22.4 Å². The first-order valence-electron chi connectivity index (χ1n) is 8.86. The summed E-state index contributed by atoms with van der Waals surface area (Å²) in [5.74, 6) is -0.189. The summed E-state index contributed by atoms with van der Waals surface area (Å²) in [5.41, 5.74) is 4.41. The highest BCUT2D eigenvalue weighted by atomic mass is 32.2. The smallest absolute Gasteiger partial charge is 0.251 e. The molecule has 0 spiro atoms. The summed E-state index contributed by atoms with van der Waals surface area (Å²) < 4.78 is 22.6. The lowest BCUT2D eigenvalue weighted by Gasteiger charge is -2.07. The van der Waals surface area contributed by atoms with E-state index in [9.17, 15) is 13.2 Å². The summed E-state index contributed by atoms with van der Waals surface area (Å²) >= 11 is 1.63. The van der Waals surface area contributed by atoms with Crippen LogP contribution in [-0.2, 0) is 22.0 Å². The number of carbonyl (C=O) groups excluding carboxylic acids is 1. The standard InChI is InChI=1S/C21H22N2O3S2/c1-15-23-20(13-27-15)18-7-3-16(4-8-18)11-12-22-21(24)19-9-5-17(6-10-19)14-28(2,25)26/h3-10,13H,11-12,14H2,1-2H3,(H,22,24). The minimum Gasteiger partial charge on any atom is -0.352 e. The molecule has 0 aliphatic rings. The molecule has 0 atom stereocenters. The number of rotatable bonds is 7. The normalized spacial score (nSPS) is 11.4. The third kappa shape index (κ3) is 5.74. The number of nitrogens with zero attached hydrogens (tertiary/aromatic N) is 1. The highest BCUT2D eigenvalue weighted by Crippen LogP contribution is 2.21. The molecule has 7 heteroatoms. The lowest BCUT2D eigenvalue weighted by atomic mass is 10.1. The van der Waals surface area contributed by atoms with Crippen LogP contribution >= 0.6 is 11.3 Å². The van der Waals surface area contributed by atoms with Crippen LogP contribution in [0.15, 0.2) is 53.9 Å². The maximum atomic E-state index is 12.2. The van der Waals surface area contributed by atoms with Crippen LogP contribution in [0.2, 0.25) is 0 Å². The molecule has 1 aromatic heterocycles. The van der Waals surface area contributed by atoms with Crippen molar-refractivity contribution in [3.8, 4) is 11.3 Å². The van der Waals surface area contributed by atoms with Crippen LogP contribution < -0.4 is 5.32 Å². The molecule has 0 aliphatic heterocycles. The van der Waals surface area contributed by atoms with Crippen molar-refractivity contribution in [2.45, 2.75) is 19.1 Å². The van der Waals surface area contributed by atoms with Gasteiger partial charge in [-0.05, 0) is 36.6 Å². The fourth-order valence-corrected chi connectivity index (χ4v) is 4.24. The average molecular weight is 415 g/mol. The fourth-order valence-electron chi connectivity index (χ4n) is 2.82. The molecule has 0 radical (unpaired) electrons. The van der Waals surface area contributed by atoms with Gasteiger partial charge in [0.1, 0.15) is 0 Å². The molecule has 3 aromatic rings. The van der Waals surface area contributed by atoms with Crippen molar-refractivity contribution < 1.29 is 13.2 Å². The number of aryl methyl sites for hydroxylation is 1. The van der Waals surface area contributed by atoms with Gasteiger partial charge in [-0.3, -0.25) is 4.79 Å². The first kappa shape index (κ1) is 20.2. The van der Waals surface area contributed by atoms with Gasteiger partial charge in [-0.25, -0.2) is 13.4 Å². The summed E-state index contributed by atoms with van der Waals surface area (Å²) in [6.07, 6.45) is 1.92. The molecule has 0 saturated heterocycles. The molecule has 146 valence electrons. The second-order valence-electron chi connectivity index (χ2n) is 6.72. The van der Waals surface area contributed by atoms with Crippen molar-refractivity contribution in [3.63, 3.8) is 0 Å². The van der Waals surface area contributed by atoms with Gasteiger partial charge in [-0.15, -0.1) is 11.3 Å². The Morgan fingerprint density at radius 2 is 1.68 bits per heavy atom. The number of nitrogens with one attached hydrogen (secondary N) is 1. The van der Waals surface area contributed by atoms with E-state index in [4.69, 9.17) is 0 Å². The molecule has 2 aromatic carbocycles. The van der Waals surface area contributed by atoms with E-state index in [-0.39, 0.29) is 11.7 Å². The molecular weight excluding hydrogens is 392 g/mol. The van der Waals surface area contributed by atoms with Gasteiger partial charge in [0.05, 0.1) is 16.5 Å². The number of aromatic nitrogens is 1. The zero-order valence-corrected chi connectivity index (χ0v) is 17.4. The van der Waals surface area contributed by atoms with Crippen LogP contribution in [0.25, 0.3) is 11.3 Å². The summed E-state index contributed by atoms with van der Waals surface area (Å²) in [4.78, 5) is 16.7. The average Bonchev–Trinajstić information content (AvgIpc) is 3.08. The van der Waals surface area contributed by atoms with E-state index in [1.165, 1.54) is 6.26 Å². The van der Waals surface area contributed by atoms with Crippen molar-refractivity contribution >= 4 is 27.1 Å². The Balaban J connectivity index is 1.51. The van der Waals surface area contributed by atoms with Gasteiger partial charge in [0.25, 0.3) is 5.91 Å². The maximum Gasteiger partial charge on any atom is 0.251 e. The zero-order valence-electron chi connectivity index (χ0n) is 15.8. The van der Waals surface area contributed by atoms with E-state index >= 15 is 0 Å². The number of amides is 1. The Morgan fingerprint density at radius 3 is 2.25 bits per heavy atom. The number of carbonyl (C=O) groups is 1. The van der Waals surface area contributed by atoms with Gasteiger partial charge in [0.15, 0.2) is 9.84 Å². The predicted octanol–water partition coefficient (Wildman–Crippen LogP) is 3.64. The van der Waals surface area contributed by atoms with E-state index in [0.717, 1.165) is 28.2 Å². The Bertz CT molecular complexity index is 1050. The second kappa shape index (κ2) is 8.67. The Morgan fingerprint density at radius 1 is 1.04 bits per heavy atom. The largest absolute Gasteiger partial charge is 0.352 e. The predicted molar refractivity (Wildman–Crippen MR) is 113 cm³/mol. The molecule has 0 saturated carbocycles. The summed E-state index contributed by atoms with van der Waals surface area (Å²) in [7, 11) is -3.08. The van der Waals surface area contributed by atoms with Crippen molar-refractivity contribution in [1.82, 2.24) is 10.3 Å². The Kier molecular flexibility index (Phi) is 6.26. The molecule has 0 fully saturated rings. The topological polar surface area (TPSA) is 76.1 Å². The minimum atomic E-state index is -3.08. The summed E-state index contributed by atoms with van der Waals surface area (Å²) in [6.45, 7) is 2.52. The third-order valence-corrected chi connectivity index (χ3v) is 5.84. The molecule has 1 amide bonds. The van der Waals surface area contributed by atoms with Crippen molar-refractivity contribution in [2.24, 2.45) is 0 Å². The summed E-state index contributed by atoms with van der Waals surface area (Å²) in [6, 6.07) is 14.9. The maximum absolute atomic E-state index is 12.2. The molecule has 5 nitrogen and oxygen atoms in total. The van der Waals surface area contributed by atoms with Gasteiger partial charge >= 0.3 is 0 Å². The van der Waals surface area contributed by atoms with Crippen LogP contribution in [0.4, 0.5) is 0 Å². The van der Waals surface area contributed by atoms with Crippen LogP contribution in [-0.4, -0.2) is 32.1 Å². The molecular formula is C21H22N2O3S2. The number of benzene rings is 2. The molecule has 28 heavy (non-hydrogen) atoms. The van der Waals surface area contributed by atoms with Crippen molar-refractivity contribution in [3.05, 3.63) is 75.6 Å². The third-order valence-electron chi connectivity index (χ3n) is 4.21. The highest BCUT2D eigenvalue weighted by Gasteiger charge is 2.08. The van der Waals surface area contributed by atoms with Crippen LogP contribution in [0.5, 0.6) is 0 Å². The van der Waals surface area contributed by atoms with Gasteiger partial charge in [-0.1, -0.05) is 36.4 Å². The zero-order chi connectivity index (χ0) is 20.1.